The topological polar surface area (TPSA) is 116 Å². The van der Waals surface area contributed by atoms with Gasteiger partial charge >= 0.3 is 0 Å². The van der Waals surface area contributed by atoms with Crippen LogP contribution in [0.3, 0.4) is 0 Å². The molecule has 2 aliphatic heterocycles. The molecule has 29 heavy (non-hydrogen) atoms. The van der Waals surface area contributed by atoms with E-state index in [4.69, 9.17) is 0 Å². The predicted molar refractivity (Wildman–Crippen MR) is 103 cm³/mol. The van der Waals surface area contributed by atoms with E-state index in [1.165, 1.54) is 12.1 Å². The fourth-order valence-electron chi connectivity index (χ4n) is 3.64. The number of para-hydroxylation sites is 1. The van der Waals surface area contributed by atoms with Crippen molar-refractivity contribution in [3.63, 3.8) is 0 Å². The number of hydrogen-bond acceptors (Lipinski definition) is 8. The van der Waals surface area contributed by atoms with E-state index < -0.39 is 26.7 Å². The lowest BCUT2D eigenvalue weighted by molar-refractivity contribution is 0.0990. The van der Waals surface area contributed by atoms with Crippen molar-refractivity contribution in [2.75, 3.05) is 35.7 Å². The number of phenols is 1. The molecular formula is C18H20FN5O4S. The highest BCUT2D eigenvalue weighted by Crippen LogP contribution is 2.38. The van der Waals surface area contributed by atoms with E-state index in [0.29, 0.717) is 31.0 Å². The number of piperazine rings is 1. The number of phenolic OH excluding ortho intramolecular Hbond substituents is 1. The molecule has 1 amide bonds. The van der Waals surface area contributed by atoms with Crippen LogP contribution < -0.4 is 15.1 Å². The van der Waals surface area contributed by atoms with Crippen LogP contribution in [0.1, 0.15) is 23.0 Å². The number of hydrogen-bond donors (Lipinski definition) is 2. The summed E-state index contributed by atoms with van der Waals surface area (Å²) >= 11 is 0. The van der Waals surface area contributed by atoms with Crippen LogP contribution in [0.15, 0.2) is 23.4 Å². The molecule has 0 aliphatic carbocycles. The maximum Gasteiger partial charge on any atom is 0.277 e. The summed E-state index contributed by atoms with van der Waals surface area (Å²) in [6.07, 6.45) is 0.972. The van der Waals surface area contributed by atoms with Crippen LogP contribution in [0.5, 0.6) is 5.75 Å². The number of amides is 1. The van der Waals surface area contributed by atoms with Gasteiger partial charge in [-0.25, -0.2) is 22.8 Å². The van der Waals surface area contributed by atoms with Crippen molar-refractivity contribution in [3.8, 4) is 5.75 Å². The van der Waals surface area contributed by atoms with Gasteiger partial charge < -0.3 is 15.3 Å². The van der Waals surface area contributed by atoms with Gasteiger partial charge in [0.25, 0.3) is 5.91 Å². The van der Waals surface area contributed by atoms with Crippen LogP contribution in [0.4, 0.5) is 15.9 Å². The van der Waals surface area contributed by atoms with Crippen LogP contribution in [-0.2, 0) is 16.4 Å². The lowest BCUT2D eigenvalue weighted by Gasteiger charge is -2.35. The molecule has 1 unspecified atom stereocenters. The lowest BCUT2D eigenvalue weighted by Crippen LogP contribution is -2.50. The first kappa shape index (κ1) is 19.5. The summed E-state index contributed by atoms with van der Waals surface area (Å²) in [6, 6.07) is 3.75. The van der Waals surface area contributed by atoms with E-state index in [9.17, 15) is 22.7 Å². The Hall–Kier alpha value is -2.79. The number of nitrogens with one attached hydrogen (secondary N) is 1. The fraction of sp³-hybridized carbons (Fsp3) is 0.389. The summed E-state index contributed by atoms with van der Waals surface area (Å²) in [5.74, 6) is -1.49. The summed E-state index contributed by atoms with van der Waals surface area (Å²) in [4.78, 5) is 24.3. The molecule has 3 heterocycles. The van der Waals surface area contributed by atoms with Gasteiger partial charge in [0.15, 0.2) is 5.82 Å². The Labute approximate surface area is 167 Å². The van der Waals surface area contributed by atoms with Gasteiger partial charge in [-0.3, -0.25) is 9.69 Å². The minimum Gasteiger partial charge on any atom is -0.506 e. The SMILES string of the molecule is CC1CNCCN1c1nc(S(C)(=O)=O)nc2c1CN(c1c(O)cccc1F)C2=O. The second-order valence-corrected chi connectivity index (χ2v) is 9.08. The van der Waals surface area contributed by atoms with Crippen molar-refractivity contribution in [1.82, 2.24) is 15.3 Å². The second-order valence-electron chi connectivity index (χ2n) is 7.17. The maximum atomic E-state index is 14.4. The van der Waals surface area contributed by atoms with Crippen LogP contribution in [0.25, 0.3) is 0 Å². The number of halogens is 1. The summed E-state index contributed by atoms with van der Waals surface area (Å²) in [7, 11) is -3.78. The highest BCUT2D eigenvalue weighted by Gasteiger charge is 2.39. The molecule has 1 aromatic carbocycles. The summed E-state index contributed by atoms with van der Waals surface area (Å²) in [5, 5.41) is 12.9. The van der Waals surface area contributed by atoms with E-state index in [0.717, 1.165) is 17.2 Å². The molecular weight excluding hydrogens is 401 g/mol. The highest BCUT2D eigenvalue weighted by atomic mass is 32.2. The Morgan fingerprint density at radius 3 is 2.72 bits per heavy atom. The first-order chi connectivity index (χ1) is 13.7. The van der Waals surface area contributed by atoms with Crippen molar-refractivity contribution >= 4 is 27.2 Å². The van der Waals surface area contributed by atoms with Gasteiger partial charge in [-0.1, -0.05) is 6.07 Å². The molecule has 0 radical (unpaired) electrons. The molecule has 1 fully saturated rings. The van der Waals surface area contributed by atoms with E-state index >= 15 is 0 Å². The van der Waals surface area contributed by atoms with Gasteiger partial charge in [0, 0.05) is 37.5 Å². The number of aromatic hydroxyl groups is 1. The minimum absolute atomic E-state index is 0.00109. The molecule has 0 saturated carbocycles. The van der Waals surface area contributed by atoms with Gasteiger partial charge in [-0.15, -0.1) is 0 Å². The Morgan fingerprint density at radius 2 is 2.07 bits per heavy atom. The third kappa shape index (κ3) is 3.29. The van der Waals surface area contributed by atoms with E-state index in [1.54, 1.807) is 0 Å². The predicted octanol–water partition coefficient (Wildman–Crippen LogP) is 0.683. The Bertz CT molecular complexity index is 1090. The zero-order valence-electron chi connectivity index (χ0n) is 15.9. The van der Waals surface area contributed by atoms with Gasteiger partial charge in [0.2, 0.25) is 15.0 Å². The van der Waals surface area contributed by atoms with Gasteiger partial charge in [-0.2, -0.15) is 0 Å². The lowest BCUT2D eigenvalue weighted by atomic mass is 10.1. The standard InChI is InChI=1S/C18H20FN5O4S/c1-10-8-20-6-7-23(10)16-11-9-24(15-12(19)4-3-5-13(15)25)17(26)14(11)21-18(22-16)29(2,27)28/h3-5,10,20,25H,6-9H2,1-2H3. The number of anilines is 2. The monoisotopic (exact) mass is 421 g/mol. The number of fused-ring (bicyclic) bond motifs is 1. The molecule has 4 rings (SSSR count). The normalized spacial score (nSPS) is 19.6. The van der Waals surface area contributed by atoms with Crippen LogP contribution >= 0.6 is 0 Å². The fourth-order valence-corrected chi connectivity index (χ4v) is 4.15. The molecule has 1 atom stereocenters. The van der Waals surface area contributed by atoms with Gasteiger partial charge in [0.05, 0.1) is 6.54 Å². The van der Waals surface area contributed by atoms with Gasteiger partial charge in [0.1, 0.15) is 22.9 Å². The molecule has 2 aliphatic rings. The van der Waals surface area contributed by atoms with Crippen LogP contribution in [0.2, 0.25) is 0 Å². The average molecular weight is 421 g/mol. The largest absolute Gasteiger partial charge is 0.506 e. The molecule has 9 nitrogen and oxygen atoms in total. The van der Waals surface area contributed by atoms with E-state index in [-0.39, 0.29) is 29.7 Å². The maximum absolute atomic E-state index is 14.4. The molecule has 154 valence electrons. The second kappa shape index (κ2) is 6.92. The summed E-state index contributed by atoms with van der Waals surface area (Å²) in [6.45, 7) is 3.78. The first-order valence-electron chi connectivity index (χ1n) is 9.06. The van der Waals surface area contributed by atoms with E-state index in [1.807, 2.05) is 11.8 Å². The van der Waals surface area contributed by atoms with Crippen molar-refractivity contribution in [2.24, 2.45) is 0 Å². The zero-order valence-corrected chi connectivity index (χ0v) is 16.7. The molecule has 1 saturated heterocycles. The third-order valence-electron chi connectivity index (χ3n) is 5.07. The van der Waals surface area contributed by atoms with Crippen molar-refractivity contribution in [1.29, 1.82) is 0 Å². The highest BCUT2D eigenvalue weighted by molar-refractivity contribution is 7.90. The van der Waals surface area contributed by atoms with Crippen LogP contribution in [-0.4, -0.2) is 61.3 Å². The summed E-state index contributed by atoms with van der Waals surface area (Å²) < 4.78 is 38.6. The number of nitrogens with zero attached hydrogens (tertiary/aromatic N) is 4. The van der Waals surface area contributed by atoms with Gasteiger partial charge in [-0.05, 0) is 19.1 Å². The molecule has 1 aromatic heterocycles. The number of sulfone groups is 1. The number of carbonyl (C=O) groups excluding carboxylic acids is 1. The summed E-state index contributed by atoms with van der Waals surface area (Å²) in [5.41, 5.74) is 0.0540. The van der Waals surface area contributed by atoms with Crippen molar-refractivity contribution < 1.29 is 22.7 Å². The van der Waals surface area contributed by atoms with Crippen molar-refractivity contribution in [2.45, 2.75) is 24.7 Å². The number of carbonyl (C=O) groups is 1. The Morgan fingerprint density at radius 1 is 1.31 bits per heavy atom. The van der Waals surface area contributed by atoms with Crippen LogP contribution in [0, 0.1) is 5.82 Å². The number of benzene rings is 1. The molecule has 0 spiro atoms. The molecule has 11 heteroatoms. The first-order valence-corrected chi connectivity index (χ1v) is 11.0. The third-order valence-corrected chi connectivity index (χ3v) is 5.91. The molecule has 0 bridgehead atoms. The zero-order chi connectivity index (χ0) is 20.9. The number of aromatic nitrogens is 2. The molecule has 2 aromatic rings. The Kier molecular flexibility index (Phi) is 4.66. The quantitative estimate of drug-likeness (QED) is 0.696. The Balaban J connectivity index is 1.88. The minimum atomic E-state index is -3.78. The number of rotatable bonds is 3. The van der Waals surface area contributed by atoms with Crippen molar-refractivity contribution in [3.05, 3.63) is 35.3 Å². The average Bonchev–Trinajstić information content (AvgIpc) is 2.97. The molecule has 2 N–H and O–H groups in total. The van der Waals surface area contributed by atoms with E-state index in [2.05, 4.69) is 15.3 Å². The smallest absolute Gasteiger partial charge is 0.277 e.